The van der Waals surface area contributed by atoms with Crippen LogP contribution in [-0.4, -0.2) is 28.9 Å². The van der Waals surface area contributed by atoms with Gasteiger partial charge in [0.2, 0.25) is 11.8 Å². The molecule has 2 amide bonds. The number of carbonyl (C=O) groups excluding carboxylic acids is 2. The Kier molecular flexibility index (Phi) is 6.28. The Balaban J connectivity index is 1.24. The molecule has 6 nitrogen and oxygen atoms in total. The van der Waals surface area contributed by atoms with Crippen LogP contribution in [0.2, 0.25) is 0 Å². The van der Waals surface area contributed by atoms with Gasteiger partial charge in [-0.3, -0.25) is 9.59 Å². The zero-order valence-corrected chi connectivity index (χ0v) is 17.5. The fourth-order valence-corrected chi connectivity index (χ4v) is 4.65. The number of hydrogen-bond donors (Lipinski definition) is 2. The van der Waals surface area contributed by atoms with Gasteiger partial charge in [0.15, 0.2) is 0 Å². The Morgan fingerprint density at radius 3 is 2.83 bits per heavy atom. The van der Waals surface area contributed by atoms with Gasteiger partial charge in [0.25, 0.3) is 0 Å². The summed E-state index contributed by atoms with van der Waals surface area (Å²) in [6.45, 7) is 0.554. The van der Waals surface area contributed by atoms with Crippen LogP contribution in [0.25, 0.3) is 11.3 Å². The highest BCUT2D eigenvalue weighted by Gasteiger charge is 2.38. The second-order valence-electron chi connectivity index (χ2n) is 7.68. The Labute approximate surface area is 179 Å². The van der Waals surface area contributed by atoms with E-state index in [4.69, 9.17) is 4.42 Å². The predicted octanol–water partition coefficient (Wildman–Crippen LogP) is 3.73. The van der Waals surface area contributed by atoms with E-state index in [9.17, 15) is 9.59 Å². The maximum atomic E-state index is 12.4. The number of carbonyl (C=O) groups is 2. The molecule has 7 heteroatoms. The Morgan fingerprint density at radius 1 is 1.23 bits per heavy atom. The van der Waals surface area contributed by atoms with Crippen molar-refractivity contribution >= 4 is 23.2 Å². The Bertz CT molecular complexity index is 984. The van der Waals surface area contributed by atoms with Crippen LogP contribution in [0.5, 0.6) is 0 Å². The molecule has 4 rings (SSSR count). The molecule has 0 bridgehead atoms. The first kappa shape index (κ1) is 20.3. The highest BCUT2D eigenvalue weighted by molar-refractivity contribution is 7.09. The molecule has 0 spiro atoms. The highest BCUT2D eigenvalue weighted by atomic mass is 32.1. The topological polar surface area (TPSA) is 84.2 Å². The zero-order chi connectivity index (χ0) is 20.8. The molecule has 1 saturated heterocycles. The molecule has 156 valence electrons. The van der Waals surface area contributed by atoms with Gasteiger partial charge in [0, 0.05) is 48.7 Å². The largest absolute Gasteiger partial charge is 0.469 e. The van der Waals surface area contributed by atoms with Crippen LogP contribution in [0.15, 0.2) is 58.5 Å². The lowest BCUT2D eigenvalue weighted by atomic mass is 9.87. The summed E-state index contributed by atoms with van der Waals surface area (Å²) >= 11 is 1.61. The average Bonchev–Trinajstić information content (AvgIpc) is 3.50. The summed E-state index contributed by atoms with van der Waals surface area (Å²) in [5, 5.41) is 9.11. The van der Waals surface area contributed by atoms with Crippen LogP contribution in [-0.2, 0) is 22.4 Å². The molecule has 1 atom stereocenters. The van der Waals surface area contributed by atoms with E-state index in [1.807, 2.05) is 47.8 Å². The van der Waals surface area contributed by atoms with Crippen LogP contribution in [0.4, 0.5) is 0 Å². The van der Waals surface area contributed by atoms with Crippen molar-refractivity contribution in [3.8, 4) is 11.3 Å². The molecule has 1 aromatic carbocycles. The van der Waals surface area contributed by atoms with Gasteiger partial charge in [0.1, 0.15) is 5.76 Å². The lowest BCUT2D eigenvalue weighted by molar-refractivity contribution is -0.122. The number of rotatable bonds is 9. The molecule has 1 fully saturated rings. The van der Waals surface area contributed by atoms with Gasteiger partial charge in [-0.15, -0.1) is 11.3 Å². The van der Waals surface area contributed by atoms with E-state index in [0.29, 0.717) is 38.6 Å². The van der Waals surface area contributed by atoms with E-state index < -0.39 is 5.54 Å². The molecule has 1 aliphatic heterocycles. The van der Waals surface area contributed by atoms with Crippen molar-refractivity contribution in [1.82, 2.24) is 15.6 Å². The minimum absolute atomic E-state index is 0.00481. The van der Waals surface area contributed by atoms with Crippen molar-refractivity contribution in [2.45, 2.75) is 44.1 Å². The second-order valence-corrected chi connectivity index (χ2v) is 8.62. The lowest BCUT2D eigenvalue weighted by Gasteiger charge is -2.28. The van der Waals surface area contributed by atoms with Crippen molar-refractivity contribution in [3.05, 3.63) is 64.9 Å². The third-order valence-corrected chi connectivity index (χ3v) is 6.35. The van der Waals surface area contributed by atoms with Crippen molar-refractivity contribution in [1.29, 1.82) is 0 Å². The fraction of sp³-hybridized carbons (Fsp3) is 0.348. The fourth-order valence-electron chi connectivity index (χ4n) is 3.85. The molecular weight excluding hydrogens is 398 g/mol. The standard InChI is InChI=1S/C23H25N3O3S/c27-20(8-11-23(12-9-21(28)26-23)15-18-7-4-14-29-18)24-13-10-22-25-19(16-30-22)17-5-2-1-3-6-17/h1-7,14,16H,8-13,15H2,(H,24,27)(H,26,28). The third-order valence-electron chi connectivity index (χ3n) is 5.44. The first-order chi connectivity index (χ1) is 14.6. The number of benzene rings is 1. The lowest BCUT2D eigenvalue weighted by Crippen LogP contribution is -2.44. The van der Waals surface area contributed by atoms with Crippen molar-refractivity contribution in [2.75, 3.05) is 6.54 Å². The number of aromatic nitrogens is 1. The van der Waals surface area contributed by atoms with Crippen LogP contribution >= 0.6 is 11.3 Å². The van der Waals surface area contributed by atoms with Crippen LogP contribution < -0.4 is 10.6 Å². The van der Waals surface area contributed by atoms with E-state index in [0.717, 1.165) is 28.4 Å². The average molecular weight is 424 g/mol. The van der Waals surface area contributed by atoms with Gasteiger partial charge in [-0.1, -0.05) is 30.3 Å². The van der Waals surface area contributed by atoms with Gasteiger partial charge < -0.3 is 15.1 Å². The van der Waals surface area contributed by atoms with E-state index in [1.54, 1.807) is 17.6 Å². The quantitative estimate of drug-likeness (QED) is 0.549. The van der Waals surface area contributed by atoms with Gasteiger partial charge in [-0.25, -0.2) is 4.98 Å². The smallest absolute Gasteiger partial charge is 0.220 e. The summed E-state index contributed by atoms with van der Waals surface area (Å²) in [7, 11) is 0. The van der Waals surface area contributed by atoms with Gasteiger partial charge in [-0.05, 0) is 25.0 Å². The number of thiazole rings is 1. The third kappa shape index (κ3) is 5.16. The van der Waals surface area contributed by atoms with E-state index in [2.05, 4.69) is 15.6 Å². The second kappa shape index (κ2) is 9.26. The van der Waals surface area contributed by atoms with Crippen LogP contribution in [0, 0.1) is 0 Å². The molecule has 3 aromatic rings. The molecule has 1 aliphatic rings. The summed E-state index contributed by atoms with van der Waals surface area (Å²) in [5.41, 5.74) is 1.68. The molecule has 3 heterocycles. The normalized spacial score (nSPS) is 18.3. The Hall–Kier alpha value is -2.93. The molecule has 1 unspecified atom stereocenters. The molecule has 2 aromatic heterocycles. The molecule has 0 radical (unpaired) electrons. The summed E-state index contributed by atoms with van der Waals surface area (Å²) in [6.07, 6.45) is 5.14. The van der Waals surface area contributed by atoms with E-state index >= 15 is 0 Å². The minimum Gasteiger partial charge on any atom is -0.469 e. The van der Waals surface area contributed by atoms with Gasteiger partial charge in [-0.2, -0.15) is 0 Å². The summed E-state index contributed by atoms with van der Waals surface area (Å²) in [6, 6.07) is 13.8. The first-order valence-electron chi connectivity index (χ1n) is 10.2. The van der Waals surface area contributed by atoms with Crippen molar-refractivity contribution in [3.63, 3.8) is 0 Å². The predicted molar refractivity (Wildman–Crippen MR) is 116 cm³/mol. The monoisotopic (exact) mass is 423 g/mol. The Morgan fingerprint density at radius 2 is 2.10 bits per heavy atom. The summed E-state index contributed by atoms with van der Waals surface area (Å²) < 4.78 is 5.45. The summed E-state index contributed by atoms with van der Waals surface area (Å²) in [5.74, 6) is 0.866. The number of nitrogens with one attached hydrogen (secondary N) is 2. The molecular formula is C23H25N3O3S. The van der Waals surface area contributed by atoms with Crippen LogP contribution in [0.1, 0.15) is 36.5 Å². The highest BCUT2D eigenvalue weighted by Crippen LogP contribution is 2.29. The van der Waals surface area contributed by atoms with Gasteiger partial charge >= 0.3 is 0 Å². The zero-order valence-electron chi connectivity index (χ0n) is 16.7. The minimum atomic E-state index is -0.397. The molecule has 0 aliphatic carbocycles. The van der Waals surface area contributed by atoms with Crippen LogP contribution in [0.3, 0.4) is 0 Å². The van der Waals surface area contributed by atoms with Gasteiger partial charge in [0.05, 0.1) is 17.0 Å². The number of amides is 2. The maximum absolute atomic E-state index is 12.4. The maximum Gasteiger partial charge on any atom is 0.220 e. The molecule has 2 N–H and O–H groups in total. The molecule has 30 heavy (non-hydrogen) atoms. The first-order valence-corrected chi connectivity index (χ1v) is 11.1. The molecule has 0 saturated carbocycles. The number of hydrogen-bond acceptors (Lipinski definition) is 5. The summed E-state index contributed by atoms with van der Waals surface area (Å²) in [4.78, 5) is 28.9. The SMILES string of the molecule is O=C(CCC1(Cc2ccco2)CCC(=O)N1)NCCc1nc(-c2ccccc2)cs1. The number of nitrogens with zero attached hydrogens (tertiary/aromatic N) is 1. The van der Waals surface area contributed by atoms with Crippen molar-refractivity contribution in [2.24, 2.45) is 0 Å². The van der Waals surface area contributed by atoms with E-state index in [1.165, 1.54) is 0 Å². The van der Waals surface area contributed by atoms with Crippen molar-refractivity contribution < 1.29 is 14.0 Å². The van der Waals surface area contributed by atoms with E-state index in [-0.39, 0.29) is 11.8 Å². The number of furan rings is 1.